The van der Waals surface area contributed by atoms with E-state index >= 15 is 0 Å². The maximum Gasteiger partial charge on any atom is 0.0991 e. The van der Waals surface area contributed by atoms with Gasteiger partial charge in [-0.3, -0.25) is 4.68 Å². The first-order valence-corrected chi connectivity index (χ1v) is 5.87. The summed E-state index contributed by atoms with van der Waals surface area (Å²) >= 11 is 0. The first-order valence-electron chi connectivity index (χ1n) is 5.87. The van der Waals surface area contributed by atoms with Crippen LogP contribution >= 0.6 is 0 Å². The van der Waals surface area contributed by atoms with Crippen LogP contribution in [0, 0.1) is 18.3 Å². The number of aryl methyl sites for hydroxylation is 2. The Bertz CT molecular complexity index is 578. The number of hydrogen-bond acceptors (Lipinski definition) is 3. The topological polar surface area (TPSA) is 53.6 Å². The van der Waals surface area contributed by atoms with Crippen molar-refractivity contribution in [2.45, 2.75) is 20.0 Å². The lowest BCUT2D eigenvalue weighted by atomic mass is 10.1. The van der Waals surface area contributed by atoms with Crippen molar-refractivity contribution in [2.24, 2.45) is 7.05 Å². The zero-order valence-corrected chi connectivity index (χ0v) is 10.6. The molecule has 0 amide bonds. The molecule has 1 N–H and O–H groups in total. The number of hydrogen-bond donors (Lipinski definition) is 1. The van der Waals surface area contributed by atoms with E-state index < -0.39 is 0 Å². The van der Waals surface area contributed by atoms with E-state index in [2.05, 4.69) is 16.5 Å². The van der Waals surface area contributed by atoms with Gasteiger partial charge in [0.1, 0.15) is 0 Å². The van der Waals surface area contributed by atoms with Gasteiger partial charge in [-0.1, -0.05) is 6.07 Å². The van der Waals surface area contributed by atoms with Crippen molar-refractivity contribution < 1.29 is 0 Å². The lowest BCUT2D eigenvalue weighted by Gasteiger charge is -2.07. The van der Waals surface area contributed by atoms with Crippen LogP contribution in [-0.2, 0) is 20.1 Å². The van der Waals surface area contributed by atoms with E-state index in [1.54, 1.807) is 4.68 Å². The first-order chi connectivity index (χ1) is 8.69. The summed E-state index contributed by atoms with van der Waals surface area (Å²) in [6.45, 7) is 3.63. The minimum absolute atomic E-state index is 0.712. The number of benzene rings is 1. The first kappa shape index (κ1) is 12.3. The fraction of sp³-hybridized carbons (Fsp3) is 0.286. The van der Waals surface area contributed by atoms with Gasteiger partial charge >= 0.3 is 0 Å². The second kappa shape index (κ2) is 5.48. The Morgan fingerprint density at radius 1 is 1.39 bits per heavy atom. The molecule has 1 aromatic heterocycles. The van der Waals surface area contributed by atoms with Crippen molar-refractivity contribution in [3.8, 4) is 6.07 Å². The number of nitriles is 1. The molecule has 0 unspecified atom stereocenters. The summed E-state index contributed by atoms with van der Waals surface area (Å²) < 4.78 is 1.80. The Kier molecular flexibility index (Phi) is 3.75. The van der Waals surface area contributed by atoms with Crippen molar-refractivity contribution in [3.63, 3.8) is 0 Å². The van der Waals surface area contributed by atoms with Crippen LogP contribution in [0.4, 0.5) is 0 Å². The van der Waals surface area contributed by atoms with Gasteiger partial charge in [0.15, 0.2) is 0 Å². The second-order valence-electron chi connectivity index (χ2n) is 4.38. The number of aromatic nitrogens is 2. The number of nitrogens with one attached hydrogen (secondary N) is 1. The van der Waals surface area contributed by atoms with Gasteiger partial charge < -0.3 is 5.32 Å². The van der Waals surface area contributed by atoms with Crippen LogP contribution in [0.2, 0.25) is 0 Å². The van der Waals surface area contributed by atoms with Gasteiger partial charge in [-0.15, -0.1) is 0 Å². The summed E-state index contributed by atoms with van der Waals surface area (Å²) in [6, 6.07) is 7.93. The van der Waals surface area contributed by atoms with E-state index in [4.69, 9.17) is 5.26 Å². The maximum absolute atomic E-state index is 8.81. The van der Waals surface area contributed by atoms with Crippen LogP contribution in [-0.4, -0.2) is 9.78 Å². The molecule has 0 spiro atoms. The van der Waals surface area contributed by atoms with Crippen molar-refractivity contribution in [1.82, 2.24) is 15.1 Å². The highest BCUT2D eigenvalue weighted by Gasteiger charge is 2.00. The molecule has 1 aromatic carbocycles. The summed E-state index contributed by atoms with van der Waals surface area (Å²) in [7, 11) is 1.91. The monoisotopic (exact) mass is 240 g/mol. The normalized spacial score (nSPS) is 10.3. The van der Waals surface area contributed by atoms with Crippen LogP contribution in [0.1, 0.15) is 22.3 Å². The Morgan fingerprint density at radius 2 is 2.22 bits per heavy atom. The zero-order valence-electron chi connectivity index (χ0n) is 10.6. The van der Waals surface area contributed by atoms with Gasteiger partial charge in [-0.2, -0.15) is 10.4 Å². The number of nitrogens with zero attached hydrogens (tertiary/aromatic N) is 3. The fourth-order valence-electron chi connectivity index (χ4n) is 1.87. The summed E-state index contributed by atoms with van der Waals surface area (Å²) in [5.41, 5.74) is 4.25. The van der Waals surface area contributed by atoms with E-state index in [-0.39, 0.29) is 0 Å². The van der Waals surface area contributed by atoms with Gasteiger partial charge in [-0.25, -0.2) is 0 Å². The quantitative estimate of drug-likeness (QED) is 0.888. The van der Waals surface area contributed by atoms with Crippen LogP contribution in [0.5, 0.6) is 0 Å². The average molecular weight is 240 g/mol. The highest BCUT2D eigenvalue weighted by Crippen LogP contribution is 2.10. The standard InChI is InChI=1S/C14H16N4/c1-11-5-12(6-15)3-4-14(11)9-16-7-13-8-17-18(2)10-13/h3-5,8,10,16H,7,9H2,1-2H3. The molecule has 0 aliphatic carbocycles. The molecule has 0 aliphatic rings. The van der Waals surface area contributed by atoms with Gasteiger partial charge in [0, 0.05) is 31.9 Å². The smallest absolute Gasteiger partial charge is 0.0991 e. The molecule has 0 saturated heterocycles. The lowest BCUT2D eigenvalue weighted by Crippen LogP contribution is -2.13. The molecule has 0 fully saturated rings. The maximum atomic E-state index is 8.81. The van der Waals surface area contributed by atoms with E-state index in [1.165, 1.54) is 11.1 Å². The van der Waals surface area contributed by atoms with Crippen LogP contribution in [0.25, 0.3) is 0 Å². The molecule has 0 radical (unpaired) electrons. The zero-order chi connectivity index (χ0) is 13.0. The Balaban J connectivity index is 1.92. The van der Waals surface area contributed by atoms with Crippen molar-refractivity contribution in [3.05, 3.63) is 52.8 Å². The average Bonchev–Trinajstić information content (AvgIpc) is 2.77. The van der Waals surface area contributed by atoms with Crippen LogP contribution < -0.4 is 5.32 Å². The largest absolute Gasteiger partial charge is 0.308 e. The molecule has 2 rings (SSSR count). The van der Waals surface area contributed by atoms with Gasteiger partial charge in [0.2, 0.25) is 0 Å². The van der Waals surface area contributed by atoms with Crippen molar-refractivity contribution in [2.75, 3.05) is 0 Å². The van der Waals surface area contributed by atoms with E-state index in [1.807, 2.05) is 44.6 Å². The van der Waals surface area contributed by atoms with Crippen molar-refractivity contribution in [1.29, 1.82) is 5.26 Å². The molecule has 18 heavy (non-hydrogen) atoms. The molecule has 0 aliphatic heterocycles. The van der Waals surface area contributed by atoms with E-state index in [0.29, 0.717) is 5.56 Å². The predicted molar refractivity (Wildman–Crippen MR) is 69.6 cm³/mol. The molecule has 4 nitrogen and oxygen atoms in total. The SMILES string of the molecule is Cc1cc(C#N)ccc1CNCc1cnn(C)c1. The molecule has 4 heteroatoms. The van der Waals surface area contributed by atoms with Gasteiger partial charge in [0.25, 0.3) is 0 Å². The molecule has 0 atom stereocenters. The fourth-order valence-corrected chi connectivity index (χ4v) is 1.87. The lowest BCUT2D eigenvalue weighted by molar-refractivity contribution is 0.689. The van der Waals surface area contributed by atoms with E-state index in [0.717, 1.165) is 18.7 Å². The minimum atomic E-state index is 0.712. The van der Waals surface area contributed by atoms with Crippen molar-refractivity contribution >= 4 is 0 Å². The molecule has 92 valence electrons. The Labute approximate surface area is 107 Å². The third kappa shape index (κ3) is 2.96. The highest BCUT2D eigenvalue weighted by molar-refractivity contribution is 5.37. The minimum Gasteiger partial charge on any atom is -0.308 e. The predicted octanol–water partition coefficient (Wildman–Crippen LogP) is 1.89. The summed E-state index contributed by atoms with van der Waals surface area (Å²) in [5, 5.41) is 16.3. The molecule has 0 bridgehead atoms. The number of rotatable bonds is 4. The van der Waals surface area contributed by atoms with Gasteiger partial charge in [0.05, 0.1) is 17.8 Å². The van der Waals surface area contributed by atoms with Crippen LogP contribution in [0.3, 0.4) is 0 Å². The van der Waals surface area contributed by atoms with E-state index in [9.17, 15) is 0 Å². The summed E-state index contributed by atoms with van der Waals surface area (Å²) in [4.78, 5) is 0. The third-order valence-corrected chi connectivity index (χ3v) is 2.87. The summed E-state index contributed by atoms with van der Waals surface area (Å²) in [5.74, 6) is 0. The third-order valence-electron chi connectivity index (χ3n) is 2.87. The molecular weight excluding hydrogens is 224 g/mol. The Hall–Kier alpha value is -2.12. The molecule has 1 heterocycles. The Morgan fingerprint density at radius 3 is 2.83 bits per heavy atom. The van der Waals surface area contributed by atoms with Crippen LogP contribution in [0.15, 0.2) is 30.6 Å². The second-order valence-corrected chi connectivity index (χ2v) is 4.38. The summed E-state index contributed by atoms with van der Waals surface area (Å²) in [6.07, 6.45) is 3.86. The highest BCUT2D eigenvalue weighted by atomic mass is 15.2. The molecule has 0 saturated carbocycles. The molecular formula is C14H16N4. The van der Waals surface area contributed by atoms with Gasteiger partial charge in [-0.05, 0) is 30.2 Å². The molecule has 2 aromatic rings.